The van der Waals surface area contributed by atoms with Crippen molar-refractivity contribution < 1.29 is 19.0 Å². The number of carbonyl (C=O) groups excluding carboxylic acids is 1. The Balaban J connectivity index is 1.43. The highest BCUT2D eigenvalue weighted by atomic mass is 16.5. The van der Waals surface area contributed by atoms with Gasteiger partial charge in [-0.15, -0.1) is 0 Å². The molecule has 0 radical (unpaired) electrons. The quantitative estimate of drug-likeness (QED) is 0.459. The zero-order valence-electron chi connectivity index (χ0n) is 20.3. The van der Waals surface area contributed by atoms with Crippen molar-refractivity contribution in [2.24, 2.45) is 0 Å². The average molecular weight is 500 g/mol. The van der Waals surface area contributed by atoms with E-state index in [0.717, 1.165) is 23.3 Å². The van der Waals surface area contributed by atoms with Crippen molar-refractivity contribution in [1.82, 2.24) is 14.5 Å². The molecule has 2 aliphatic rings. The summed E-state index contributed by atoms with van der Waals surface area (Å²) in [4.78, 5) is 45.9. The Bertz CT molecular complexity index is 1640. The van der Waals surface area contributed by atoms with Crippen LogP contribution in [-0.2, 0) is 13.0 Å². The molecular weight excluding hydrogens is 474 g/mol. The summed E-state index contributed by atoms with van der Waals surface area (Å²) in [6.45, 7) is 1.31. The molecule has 0 spiro atoms. The Hall–Kier alpha value is -4.40. The molecule has 3 heterocycles. The molecule has 1 N–H and O–H groups in total. The van der Waals surface area contributed by atoms with Gasteiger partial charge in [-0.25, -0.2) is 9.78 Å². The van der Waals surface area contributed by atoms with Crippen LogP contribution in [0, 0.1) is 0 Å². The highest BCUT2D eigenvalue weighted by Crippen LogP contribution is 2.35. The number of rotatable bonds is 4. The monoisotopic (exact) mass is 499 g/mol. The number of nitrogens with one attached hydrogen (secondary N) is 1. The molecule has 0 saturated carbocycles. The molecule has 0 saturated heterocycles. The molecule has 188 valence electrons. The number of nitrogens with zero attached hydrogens (tertiary/aromatic N) is 2. The zero-order chi connectivity index (χ0) is 25.5. The SMILES string of the molecule is COc1ccc(C2CC(=O)c3cnc4c(c3C2)c(=O)[nH]c(=O)n4Cc2ccc3c(c2)OCCCO3)cc1. The normalized spacial score (nSPS) is 16.8. The lowest BCUT2D eigenvalue weighted by Gasteiger charge is -2.25. The topological polar surface area (TPSA) is 113 Å². The number of ketones is 1. The molecule has 1 aliphatic carbocycles. The van der Waals surface area contributed by atoms with Crippen LogP contribution in [0.1, 0.15) is 45.8 Å². The summed E-state index contributed by atoms with van der Waals surface area (Å²) in [5.41, 5.74) is 1.99. The molecule has 0 fully saturated rings. The number of aromatic nitrogens is 3. The molecule has 9 heteroatoms. The number of methoxy groups -OCH3 is 1. The summed E-state index contributed by atoms with van der Waals surface area (Å²) in [6.07, 6.45) is 3.09. The third-order valence-corrected chi connectivity index (χ3v) is 7.04. The maximum atomic E-state index is 13.1. The predicted octanol–water partition coefficient (Wildman–Crippen LogP) is 3.22. The molecule has 2 aromatic heterocycles. The molecular formula is C28H25N3O6. The Morgan fingerprint density at radius 2 is 1.81 bits per heavy atom. The molecule has 9 nitrogen and oxygen atoms in total. The first-order valence-corrected chi connectivity index (χ1v) is 12.2. The summed E-state index contributed by atoms with van der Waals surface area (Å²) < 4.78 is 18.2. The van der Waals surface area contributed by atoms with Crippen molar-refractivity contribution in [3.8, 4) is 17.2 Å². The molecule has 0 bridgehead atoms. The van der Waals surface area contributed by atoms with E-state index >= 15 is 0 Å². The van der Waals surface area contributed by atoms with Crippen molar-refractivity contribution in [2.75, 3.05) is 20.3 Å². The highest BCUT2D eigenvalue weighted by Gasteiger charge is 2.30. The second kappa shape index (κ2) is 9.24. The van der Waals surface area contributed by atoms with Crippen LogP contribution in [0.15, 0.2) is 58.3 Å². The van der Waals surface area contributed by atoms with E-state index in [4.69, 9.17) is 14.2 Å². The molecule has 1 atom stereocenters. The van der Waals surface area contributed by atoms with Gasteiger partial charge in [-0.1, -0.05) is 18.2 Å². The van der Waals surface area contributed by atoms with Crippen LogP contribution in [0.5, 0.6) is 17.2 Å². The number of hydrogen-bond acceptors (Lipinski definition) is 7. The Morgan fingerprint density at radius 1 is 1.03 bits per heavy atom. The van der Waals surface area contributed by atoms with Gasteiger partial charge in [0.15, 0.2) is 17.3 Å². The molecule has 2 aromatic carbocycles. The lowest BCUT2D eigenvalue weighted by Crippen LogP contribution is -2.33. The van der Waals surface area contributed by atoms with Gasteiger partial charge in [-0.2, -0.15) is 0 Å². The number of Topliss-reactive ketones (excluding diaryl/α,β-unsaturated/α-hetero) is 1. The van der Waals surface area contributed by atoms with Gasteiger partial charge in [-0.05, 0) is 53.3 Å². The van der Waals surface area contributed by atoms with E-state index in [9.17, 15) is 14.4 Å². The number of aromatic amines is 1. The van der Waals surface area contributed by atoms with Gasteiger partial charge in [0.2, 0.25) is 0 Å². The van der Waals surface area contributed by atoms with E-state index in [0.29, 0.717) is 48.7 Å². The molecule has 37 heavy (non-hydrogen) atoms. The number of fused-ring (bicyclic) bond motifs is 4. The van der Waals surface area contributed by atoms with Crippen molar-refractivity contribution in [3.05, 3.63) is 91.8 Å². The Morgan fingerprint density at radius 3 is 2.59 bits per heavy atom. The minimum Gasteiger partial charge on any atom is -0.497 e. The number of benzene rings is 2. The number of hydrogen-bond donors (Lipinski definition) is 1. The standard InChI is InChI=1S/C28H25N3O6/c1-35-19-6-4-17(5-7-19)18-12-20-21(22(32)13-18)14-29-26-25(20)27(33)30-28(34)31(26)15-16-3-8-23-24(11-16)37-10-2-9-36-23/h3-8,11,14,18H,2,9-10,12-13,15H2,1H3,(H,30,33,34). The van der Waals surface area contributed by atoms with E-state index in [1.807, 2.05) is 42.5 Å². The minimum absolute atomic E-state index is 0.0727. The fourth-order valence-electron chi connectivity index (χ4n) is 5.16. The number of ether oxygens (including phenoxy) is 3. The number of H-pyrrole nitrogens is 1. The van der Waals surface area contributed by atoms with Gasteiger partial charge in [0.05, 0.1) is 32.3 Å². The van der Waals surface area contributed by atoms with Gasteiger partial charge in [0, 0.05) is 24.6 Å². The van der Waals surface area contributed by atoms with Crippen LogP contribution in [0.2, 0.25) is 0 Å². The van der Waals surface area contributed by atoms with Gasteiger partial charge in [0.25, 0.3) is 5.56 Å². The van der Waals surface area contributed by atoms with Gasteiger partial charge < -0.3 is 14.2 Å². The van der Waals surface area contributed by atoms with Gasteiger partial charge in [-0.3, -0.25) is 19.1 Å². The summed E-state index contributed by atoms with van der Waals surface area (Å²) in [6, 6.07) is 13.1. The lowest BCUT2D eigenvalue weighted by molar-refractivity contribution is 0.0964. The van der Waals surface area contributed by atoms with Gasteiger partial charge in [0.1, 0.15) is 11.4 Å². The summed E-state index contributed by atoms with van der Waals surface area (Å²) >= 11 is 0. The second-order valence-corrected chi connectivity index (χ2v) is 9.33. The number of carbonyl (C=O) groups is 1. The maximum Gasteiger partial charge on any atom is 0.330 e. The van der Waals surface area contributed by atoms with E-state index in [2.05, 4.69) is 9.97 Å². The van der Waals surface area contributed by atoms with Crippen molar-refractivity contribution in [3.63, 3.8) is 0 Å². The largest absolute Gasteiger partial charge is 0.497 e. The van der Waals surface area contributed by atoms with Crippen LogP contribution < -0.4 is 25.5 Å². The van der Waals surface area contributed by atoms with E-state index in [-0.39, 0.29) is 29.3 Å². The molecule has 1 aliphatic heterocycles. The molecule has 0 amide bonds. The smallest absolute Gasteiger partial charge is 0.330 e. The summed E-state index contributed by atoms with van der Waals surface area (Å²) in [5, 5.41) is 0.276. The molecule has 4 aromatic rings. The van der Waals surface area contributed by atoms with Crippen molar-refractivity contribution in [2.45, 2.75) is 31.7 Å². The first-order chi connectivity index (χ1) is 18.0. The maximum absolute atomic E-state index is 13.1. The molecule has 6 rings (SSSR count). The first-order valence-electron chi connectivity index (χ1n) is 12.2. The second-order valence-electron chi connectivity index (χ2n) is 9.33. The average Bonchev–Trinajstić information content (AvgIpc) is 3.15. The van der Waals surface area contributed by atoms with Crippen LogP contribution in [0.25, 0.3) is 11.0 Å². The Kier molecular flexibility index (Phi) is 5.75. The third-order valence-electron chi connectivity index (χ3n) is 7.04. The summed E-state index contributed by atoms with van der Waals surface area (Å²) in [5.74, 6) is 1.84. The third kappa shape index (κ3) is 4.16. The van der Waals surface area contributed by atoms with Crippen molar-refractivity contribution >= 4 is 16.8 Å². The highest BCUT2D eigenvalue weighted by molar-refractivity contribution is 6.02. The fourth-order valence-corrected chi connectivity index (χ4v) is 5.16. The van der Waals surface area contributed by atoms with Gasteiger partial charge >= 0.3 is 5.69 Å². The van der Waals surface area contributed by atoms with E-state index in [1.165, 1.54) is 10.8 Å². The lowest BCUT2D eigenvalue weighted by atomic mass is 9.79. The van der Waals surface area contributed by atoms with Crippen molar-refractivity contribution in [1.29, 1.82) is 0 Å². The molecule has 1 unspecified atom stereocenters. The number of pyridine rings is 1. The Labute approximate surface area is 211 Å². The summed E-state index contributed by atoms with van der Waals surface area (Å²) in [7, 11) is 1.60. The van der Waals surface area contributed by atoms with E-state index in [1.54, 1.807) is 7.11 Å². The first kappa shape index (κ1) is 23.0. The fraction of sp³-hybridized carbons (Fsp3) is 0.286. The van der Waals surface area contributed by atoms with Crippen LogP contribution in [0.3, 0.4) is 0 Å². The zero-order valence-corrected chi connectivity index (χ0v) is 20.3. The van der Waals surface area contributed by atoms with Crippen LogP contribution in [0.4, 0.5) is 0 Å². The van der Waals surface area contributed by atoms with E-state index < -0.39 is 11.2 Å². The predicted molar refractivity (Wildman–Crippen MR) is 136 cm³/mol. The van der Waals surface area contributed by atoms with Crippen LogP contribution in [-0.4, -0.2) is 40.6 Å². The van der Waals surface area contributed by atoms with Crippen LogP contribution >= 0.6 is 0 Å². The minimum atomic E-state index is -0.564.